The van der Waals surface area contributed by atoms with E-state index in [1.807, 2.05) is 18.5 Å². The molecule has 2 atom stereocenters. The van der Waals surface area contributed by atoms with E-state index in [9.17, 15) is 0 Å². The number of rotatable bonds is 8. The molecule has 1 N–H and O–H groups in total. The molecule has 0 spiro atoms. The van der Waals surface area contributed by atoms with Gasteiger partial charge in [-0.15, -0.1) is 0 Å². The standard InChI is InChI=1S/C17H30N4/c1-3-4-5-6-9-15(2)20-16-10-7-13-21(14-16)17-18-11-8-12-19-17/h8,11-12,15-16,20H,3-7,9-10,13-14H2,1-2H3. The lowest BCUT2D eigenvalue weighted by atomic mass is 10.0. The molecule has 2 rings (SSSR count). The fourth-order valence-corrected chi connectivity index (χ4v) is 3.11. The zero-order chi connectivity index (χ0) is 14.9. The fraction of sp³-hybridized carbons (Fsp3) is 0.765. The van der Waals surface area contributed by atoms with Gasteiger partial charge in [-0.1, -0.05) is 32.6 Å². The van der Waals surface area contributed by atoms with Crippen LogP contribution >= 0.6 is 0 Å². The van der Waals surface area contributed by atoms with Gasteiger partial charge in [0.05, 0.1) is 0 Å². The summed E-state index contributed by atoms with van der Waals surface area (Å²) in [6.45, 7) is 6.70. The molecule has 1 aromatic heterocycles. The third-order valence-corrected chi connectivity index (χ3v) is 4.27. The normalized spacial score (nSPS) is 20.5. The highest BCUT2D eigenvalue weighted by Crippen LogP contribution is 2.16. The molecule has 1 aliphatic heterocycles. The van der Waals surface area contributed by atoms with Crippen LogP contribution in [0, 0.1) is 0 Å². The van der Waals surface area contributed by atoms with Crippen LogP contribution in [0.15, 0.2) is 18.5 Å². The maximum atomic E-state index is 4.37. The SMILES string of the molecule is CCCCCCC(C)NC1CCCN(c2ncccn2)C1. The molecule has 2 heterocycles. The number of unbranched alkanes of at least 4 members (excludes halogenated alkanes) is 3. The molecule has 2 unspecified atom stereocenters. The maximum absolute atomic E-state index is 4.37. The van der Waals surface area contributed by atoms with Gasteiger partial charge in [0, 0.05) is 37.6 Å². The Balaban J connectivity index is 1.73. The summed E-state index contributed by atoms with van der Waals surface area (Å²) < 4.78 is 0. The predicted molar refractivity (Wildman–Crippen MR) is 88.6 cm³/mol. The molecule has 0 aliphatic carbocycles. The molecule has 4 heteroatoms. The van der Waals surface area contributed by atoms with E-state index in [0.29, 0.717) is 12.1 Å². The van der Waals surface area contributed by atoms with E-state index in [2.05, 4.69) is 34.0 Å². The molecule has 0 bridgehead atoms. The fourth-order valence-electron chi connectivity index (χ4n) is 3.11. The van der Waals surface area contributed by atoms with Crippen LogP contribution in [-0.4, -0.2) is 35.1 Å². The quantitative estimate of drug-likeness (QED) is 0.745. The highest BCUT2D eigenvalue weighted by molar-refractivity contribution is 5.29. The Morgan fingerprint density at radius 2 is 2.10 bits per heavy atom. The van der Waals surface area contributed by atoms with Crippen LogP contribution in [0.4, 0.5) is 5.95 Å². The van der Waals surface area contributed by atoms with Crippen LogP contribution in [0.5, 0.6) is 0 Å². The predicted octanol–water partition coefficient (Wildman–Crippen LogP) is 3.39. The van der Waals surface area contributed by atoms with Crippen molar-refractivity contribution < 1.29 is 0 Å². The van der Waals surface area contributed by atoms with Gasteiger partial charge in [-0.3, -0.25) is 0 Å². The summed E-state index contributed by atoms with van der Waals surface area (Å²) >= 11 is 0. The van der Waals surface area contributed by atoms with Crippen LogP contribution in [0.1, 0.15) is 58.8 Å². The molecule has 21 heavy (non-hydrogen) atoms. The van der Waals surface area contributed by atoms with Gasteiger partial charge < -0.3 is 10.2 Å². The third-order valence-electron chi connectivity index (χ3n) is 4.27. The molecule has 1 aliphatic rings. The molecule has 0 amide bonds. The smallest absolute Gasteiger partial charge is 0.225 e. The van der Waals surface area contributed by atoms with Crippen molar-refractivity contribution >= 4 is 5.95 Å². The molecule has 0 saturated carbocycles. The molecule has 1 saturated heterocycles. The molecular weight excluding hydrogens is 260 g/mol. The Hall–Kier alpha value is -1.16. The summed E-state index contributed by atoms with van der Waals surface area (Å²) in [6.07, 6.45) is 12.8. The van der Waals surface area contributed by atoms with Gasteiger partial charge in [-0.25, -0.2) is 9.97 Å². The zero-order valence-electron chi connectivity index (χ0n) is 13.6. The molecule has 0 radical (unpaired) electrons. The summed E-state index contributed by atoms with van der Waals surface area (Å²) in [7, 11) is 0. The van der Waals surface area contributed by atoms with E-state index in [4.69, 9.17) is 0 Å². The van der Waals surface area contributed by atoms with E-state index in [-0.39, 0.29) is 0 Å². The average Bonchev–Trinajstić information content (AvgIpc) is 2.53. The topological polar surface area (TPSA) is 41.0 Å². The van der Waals surface area contributed by atoms with E-state index in [1.165, 1.54) is 44.9 Å². The van der Waals surface area contributed by atoms with Crippen molar-refractivity contribution in [3.8, 4) is 0 Å². The number of aromatic nitrogens is 2. The molecule has 4 nitrogen and oxygen atoms in total. The molecule has 0 aromatic carbocycles. The molecule has 1 aromatic rings. The second kappa shape index (κ2) is 8.98. The Kier molecular flexibility index (Phi) is 6.93. The number of anilines is 1. The van der Waals surface area contributed by atoms with Gasteiger partial charge in [0.1, 0.15) is 0 Å². The first-order chi connectivity index (χ1) is 10.3. The second-order valence-corrected chi connectivity index (χ2v) is 6.25. The summed E-state index contributed by atoms with van der Waals surface area (Å²) in [6, 6.07) is 3.06. The lowest BCUT2D eigenvalue weighted by molar-refractivity contribution is 0.365. The average molecular weight is 290 g/mol. The van der Waals surface area contributed by atoms with Crippen LogP contribution in [0.25, 0.3) is 0 Å². The monoisotopic (exact) mass is 290 g/mol. The van der Waals surface area contributed by atoms with E-state index < -0.39 is 0 Å². The van der Waals surface area contributed by atoms with Crippen LogP contribution in [-0.2, 0) is 0 Å². The van der Waals surface area contributed by atoms with Crippen LogP contribution in [0.2, 0.25) is 0 Å². The van der Waals surface area contributed by atoms with Crippen molar-refractivity contribution in [2.45, 2.75) is 70.9 Å². The lowest BCUT2D eigenvalue weighted by Crippen LogP contribution is -2.49. The van der Waals surface area contributed by atoms with Crippen molar-refractivity contribution in [1.82, 2.24) is 15.3 Å². The Labute approximate surface area is 129 Å². The van der Waals surface area contributed by atoms with Crippen molar-refractivity contribution in [2.24, 2.45) is 0 Å². The minimum Gasteiger partial charge on any atom is -0.339 e. The summed E-state index contributed by atoms with van der Waals surface area (Å²) in [5.74, 6) is 0.875. The number of hydrogen-bond acceptors (Lipinski definition) is 4. The van der Waals surface area contributed by atoms with Crippen molar-refractivity contribution in [3.05, 3.63) is 18.5 Å². The lowest BCUT2D eigenvalue weighted by Gasteiger charge is -2.34. The molecular formula is C17H30N4. The molecule has 1 fully saturated rings. The number of nitrogens with zero attached hydrogens (tertiary/aromatic N) is 3. The second-order valence-electron chi connectivity index (χ2n) is 6.25. The van der Waals surface area contributed by atoms with Gasteiger partial charge in [0.25, 0.3) is 0 Å². The minimum atomic E-state index is 0.573. The summed E-state index contributed by atoms with van der Waals surface area (Å²) in [5.41, 5.74) is 0. The van der Waals surface area contributed by atoms with Gasteiger partial charge >= 0.3 is 0 Å². The number of piperidine rings is 1. The summed E-state index contributed by atoms with van der Waals surface area (Å²) in [5, 5.41) is 3.80. The number of nitrogens with one attached hydrogen (secondary N) is 1. The first-order valence-electron chi connectivity index (χ1n) is 8.57. The van der Waals surface area contributed by atoms with E-state index >= 15 is 0 Å². The number of hydrogen-bond donors (Lipinski definition) is 1. The van der Waals surface area contributed by atoms with E-state index in [0.717, 1.165) is 19.0 Å². The Morgan fingerprint density at radius 1 is 1.29 bits per heavy atom. The summed E-state index contributed by atoms with van der Waals surface area (Å²) in [4.78, 5) is 11.1. The van der Waals surface area contributed by atoms with Crippen molar-refractivity contribution in [3.63, 3.8) is 0 Å². The largest absolute Gasteiger partial charge is 0.339 e. The zero-order valence-corrected chi connectivity index (χ0v) is 13.6. The van der Waals surface area contributed by atoms with Gasteiger partial charge in [0.15, 0.2) is 0 Å². The Bertz CT molecular complexity index is 382. The van der Waals surface area contributed by atoms with Gasteiger partial charge in [0.2, 0.25) is 5.95 Å². The van der Waals surface area contributed by atoms with E-state index in [1.54, 1.807) is 0 Å². The van der Waals surface area contributed by atoms with Crippen molar-refractivity contribution in [1.29, 1.82) is 0 Å². The third kappa shape index (κ3) is 5.62. The van der Waals surface area contributed by atoms with Gasteiger partial charge in [-0.05, 0) is 32.3 Å². The Morgan fingerprint density at radius 3 is 2.86 bits per heavy atom. The molecule has 118 valence electrons. The van der Waals surface area contributed by atoms with Crippen LogP contribution < -0.4 is 10.2 Å². The highest BCUT2D eigenvalue weighted by atomic mass is 15.3. The highest BCUT2D eigenvalue weighted by Gasteiger charge is 2.22. The first kappa shape index (κ1) is 16.2. The first-order valence-corrected chi connectivity index (χ1v) is 8.57. The maximum Gasteiger partial charge on any atom is 0.225 e. The minimum absolute atomic E-state index is 0.573. The van der Waals surface area contributed by atoms with Gasteiger partial charge in [-0.2, -0.15) is 0 Å². The van der Waals surface area contributed by atoms with Crippen LogP contribution in [0.3, 0.4) is 0 Å². The van der Waals surface area contributed by atoms with Crippen molar-refractivity contribution in [2.75, 3.05) is 18.0 Å².